The van der Waals surface area contributed by atoms with Gasteiger partial charge in [-0.25, -0.2) is 0 Å². The van der Waals surface area contributed by atoms with Gasteiger partial charge in [0.1, 0.15) is 0 Å². The first-order valence-electron chi connectivity index (χ1n) is 4.33. The fourth-order valence-electron chi connectivity index (χ4n) is 1.37. The van der Waals surface area contributed by atoms with Crippen molar-refractivity contribution < 1.29 is 4.74 Å². The molecule has 12 heavy (non-hydrogen) atoms. The maximum atomic E-state index is 5.24. The highest BCUT2D eigenvalue weighted by molar-refractivity contribution is 7.80. The molecule has 0 bridgehead atoms. The van der Waals surface area contributed by atoms with Gasteiger partial charge in [0.2, 0.25) is 0 Å². The molecule has 0 amide bonds. The summed E-state index contributed by atoms with van der Waals surface area (Å²) in [6.07, 6.45) is 1.45. The molecule has 1 unspecified atom stereocenters. The third-order valence-corrected chi connectivity index (χ3v) is 2.50. The molecule has 0 radical (unpaired) electrons. The monoisotopic (exact) mass is 188 g/mol. The van der Waals surface area contributed by atoms with Crippen LogP contribution < -0.4 is 5.32 Å². The van der Waals surface area contributed by atoms with Crippen LogP contribution in [0.5, 0.6) is 0 Å². The average Bonchev–Trinajstić information content (AvgIpc) is 2.52. The van der Waals surface area contributed by atoms with Gasteiger partial charge in [0.05, 0.1) is 6.10 Å². The summed E-state index contributed by atoms with van der Waals surface area (Å²) in [4.78, 5) is 2.16. The van der Waals surface area contributed by atoms with Crippen molar-refractivity contribution in [2.45, 2.75) is 19.4 Å². The summed E-state index contributed by atoms with van der Waals surface area (Å²) in [5.41, 5.74) is 0. The molecular formula is C8H16N2OS. The molecule has 1 atom stereocenters. The van der Waals surface area contributed by atoms with Crippen molar-refractivity contribution in [2.24, 2.45) is 0 Å². The van der Waals surface area contributed by atoms with Crippen LogP contribution in [0.25, 0.3) is 0 Å². The summed E-state index contributed by atoms with van der Waals surface area (Å²) in [5.74, 6) is 0. The molecule has 0 spiro atoms. The van der Waals surface area contributed by atoms with Gasteiger partial charge in [0.15, 0.2) is 5.11 Å². The molecule has 1 heterocycles. The van der Waals surface area contributed by atoms with Gasteiger partial charge in [0, 0.05) is 26.7 Å². The van der Waals surface area contributed by atoms with Crippen molar-refractivity contribution in [1.29, 1.82) is 0 Å². The minimum Gasteiger partial charge on any atom is -0.380 e. The first-order chi connectivity index (χ1) is 5.77. The lowest BCUT2D eigenvalue weighted by Crippen LogP contribution is -2.38. The fourth-order valence-corrected chi connectivity index (χ4v) is 1.68. The zero-order valence-electron chi connectivity index (χ0n) is 7.67. The molecule has 0 aliphatic carbocycles. The highest BCUT2D eigenvalue weighted by atomic mass is 32.1. The SMILES string of the molecule is CCNC(=S)N1CCC(OC)C1. The minimum atomic E-state index is 0.363. The second-order valence-electron chi connectivity index (χ2n) is 2.93. The van der Waals surface area contributed by atoms with Gasteiger partial charge in [-0.05, 0) is 25.6 Å². The van der Waals surface area contributed by atoms with E-state index in [0.717, 1.165) is 31.2 Å². The Morgan fingerprint density at radius 2 is 2.50 bits per heavy atom. The van der Waals surface area contributed by atoms with E-state index in [2.05, 4.69) is 17.1 Å². The number of nitrogens with zero attached hydrogens (tertiary/aromatic N) is 1. The Labute approximate surface area is 79.1 Å². The highest BCUT2D eigenvalue weighted by Gasteiger charge is 2.23. The molecule has 3 nitrogen and oxygen atoms in total. The smallest absolute Gasteiger partial charge is 0.169 e. The Bertz CT molecular complexity index is 163. The first kappa shape index (κ1) is 9.74. The summed E-state index contributed by atoms with van der Waals surface area (Å²) >= 11 is 5.17. The molecule has 1 aliphatic rings. The molecule has 70 valence electrons. The van der Waals surface area contributed by atoms with Gasteiger partial charge in [-0.2, -0.15) is 0 Å². The quantitative estimate of drug-likeness (QED) is 0.641. The third-order valence-electron chi connectivity index (χ3n) is 2.09. The normalized spacial score (nSPS) is 22.8. The Balaban J connectivity index is 2.31. The van der Waals surface area contributed by atoms with Crippen LogP contribution in [0.2, 0.25) is 0 Å². The average molecular weight is 188 g/mol. The van der Waals surface area contributed by atoms with E-state index in [1.165, 1.54) is 0 Å². The van der Waals surface area contributed by atoms with Gasteiger partial charge >= 0.3 is 0 Å². The van der Waals surface area contributed by atoms with E-state index in [-0.39, 0.29) is 0 Å². The van der Waals surface area contributed by atoms with Crippen LogP contribution in [-0.4, -0.2) is 42.9 Å². The summed E-state index contributed by atoms with van der Waals surface area (Å²) in [6.45, 7) is 4.90. The predicted molar refractivity (Wildman–Crippen MR) is 53.3 cm³/mol. The largest absolute Gasteiger partial charge is 0.380 e. The zero-order valence-corrected chi connectivity index (χ0v) is 8.49. The van der Waals surface area contributed by atoms with Crippen molar-refractivity contribution >= 4 is 17.3 Å². The molecule has 0 aromatic rings. The van der Waals surface area contributed by atoms with Gasteiger partial charge in [-0.3, -0.25) is 0 Å². The maximum Gasteiger partial charge on any atom is 0.169 e. The summed E-state index contributed by atoms with van der Waals surface area (Å²) in [7, 11) is 1.75. The number of likely N-dealkylation sites (tertiary alicyclic amines) is 1. The minimum absolute atomic E-state index is 0.363. The van der Waals surface area contributed by atoms with Crippen LogP contribution in [0.15, 0.2) is 0 Å². The van der Waals surface area contributed by atoms with E-state index < -0.39 is 0 Å². The lowest BCUT2D eigenvalue weighted by Gasteiger charge is -2.19. The molecule has 1 N–H and O–H groups in total. The van der Waals surface area contributed by atoms with Crippen molar-refractivity contribution in [3.05, 3.63) is 0 Å². The molecule has 1 rings (SSSR count). The summed E-state index contributed by atoms with van der Waals surface area (Å²) < 4.78 is 5.24. The lowest BCUT2D eigenvalue weighted by molar-refractivity contribution is 0.114. The van der Waals surface area contributed by atoms with Crippen molar-refractivity contribution in [3.8, 4) is 0 Å². The van der Waals surface area contributed by atoms with Gasteiger partial charge in [0.25, 0.3) is 0 Å². The highest BCUT2D eigenvalue weighted by Crippen LogP contribution is 2.11. The van der Waals surface area contributed by atoms with Crippen LogP contribution in [0.4, 0.5) is 0 Å². The first-order valence-corrected chi connectivity index (χ1v) is 4.74. The second kappa shape index (κ2) is 4.62. The second-order valence-corrected chi connectivity index (χ2v) is 3.31. The van der Waals surface area contributed by atoms with Gasteiger partial charge < -0.3 is 15.0 Å². The summed E-state index contributed by atoms with van der Waals surface area (Å²) in [6, 6.07) is 0. The van der Waals surface area contributed by atoms with E-state index >= 15 is 0 Å². The molecular weight excluding hydrogens is 172 g/mol. The molecule has 1 aliphatic heterocycles. The maximum absolute atomic E-state index is 5.24. The predicted octanol–water partition coefficient (Wildman–Crippen LogP) is 0.601. The number of thiocarbonyl (C=S) groups is 1. The van der Waals surface area contributed by atoms with Crippen molar-refractivity contribution in [3.63, 3.8) is 0 Å². The van der Waals surface area contributed by atoms with E-state index in [4.69, 9.17) is 17.0 Å². The molecule has 0 saturated carbocycles. The van der Waals surface area contributed by atoms with Crippen LogP contribution in [0, 0.1) is 0 Å². The van der Waals surface area contributed by atoms with Crippen LogP contribution >= 0.6 is 12.2 Å². The molecule has 4 heteroatoms. The summed E-state index contributed by atoms with van der Waals surface area (Å²) in [5, 5.41) is 3.99. The number of nitrogens with one attached hydrogen (secondary N) is 1. The number of ether oxygens (including phenoxy) is 1. The lowest BCUT2D eigenvalue weighted by atomic mass is 10.3. The molecule has 1 fully saturated rings. The molecule has 0 aromatic carbocycles. The van der Waals surface area contributed by atoms with Crippen LogP contribution in [0.1, 0.15) is 13.3 Å². The third kappa shape index (κ3) is 2.32. The van der Waals surface area contributed by atoms with E-state index in [0.29, 0.717) is 6.10 Å². The van der Waals surface area contributed by atoms with E-state index in [1.54, 1.807) is 7.11 Å². The molecule has 0 aromatic heterocycles. The number of hydrogen-bond donors (Lipinski definition) is 1. The standard InChI is InChI=1S/C8H16N2OS/c1-3-9-8(12)10-5-4-7(6-10)11-2/h7H,3-6H2,1-2H3,(H,9,12). The van der Waals surface area contributed by atoms with Crippen LogP contribution in [-0.2, 0) is 4.74 Å². The van der Waals surface area contributed by atoms with E-state index in [1.807, 2.05) is 0 Å². The number of rotatable bonds is 2. The number of hydrogen-bond acceptors (Lipinski definition) is 2. The molecule has 1 saturated heterocycles. The van der Waals surface area contributed by atoms with Gasteiger partial charge in [-0.1, -0.05) is 0 Å². The Kier molecular flexibility index (Phi) is 3.75. The van der Waals surface area contributed by atoms with Crippen LogP contribution in [0.3, 0.4) is 0 Å². The Hall–Kier alpha value is -0.350. The van der Waals surface area contributed by atoms with Gasteiger partial charge in [-0.15, -0.1) is 0 Å². The number of methoxy groups -OCH3 is 1. The fraction of sp³-hybridized carbons (Fsp3) is 0.875. The van der Waals surface area contributed by atoms with Crippen molar-refractivity contribution in [2.75, 3.05) is 26.7 Å². The van der Waals surface area contributed by atoms with Crippen molar-refractivity contribution in [1.82, 2.24) is 10.2 Å². The Morgan fingerprint density at radius 1 is 1.75 bits per heavy atom. The van der Waals surface area contributed by atoms with E-state index in [9.17, 15) is 0 Å². The topological polar surface area (TPSA) is 24.5 Å². The zero-order chi connectivity index (χ0) is 8.97. The Morgan fingerprint density at radius 3 is 3.00 bits per heavy atom.